The summed E-state index contributed by atoms with van der Waals surface area (Å²) in [5.74, 6) is 0.286. The molecule has 0 heterocycles. The summed E-state index contributed by atoms with van der Waals surface area (Å²) in [6.07, 6.45) is 40.4. The molecule has 8 heteroatoms. The van der Waals surface area contributed by atoms with Crippen LogP contribution in [-0.2, 0) is 28.5 Å². The summed E-state index contributed by atoms with van der Waals surface area (Å²) in [6, 6.07) is 0. The predicted octanol–water partition coefficient (Wildman–Crippen LogP) is 13.2. The maximum absolute atomic E-state index is 12.6. The van der Waals surface area contributed by atoms with E-state index < -0.39 is 0 Å². The van der Waals surface area contributed by atoms with Crippen molar-refractivity contribution >= 4 is 11.9 Å². The number of carbonyl (C=O) groups excluding carboxylic acids is 2. The number of esters is 2. The normalized spacial score (nSPS) is 12.5. The fraction of sp³-hybridized carbons (Fsp3) is 0.880. The molecule has 1 N–H and O–H groups in total. The summed E-state index contributed by atoms with van der Waals surface area (Å²) in [5, 5.41) is 9.61. The second kappa shape index (κ2) is 46.3. The Morgan fingerprint density at radius 1 is 0.500 bits per heavy atom. The van der Waals surface area contributed by atoms with E-state index in [1.165, 1.54) is 77.0 Å². The van der Waals surface area contributed by atoms with Crippen molar-refractivity contribution in [2.24, 2.45) is 5.92 Å². The molecule has 1 atom stereocenters. The third kappa shape index (κ3) is 41.0. The number of aliphatic hydroxyl groups is 1. The minimum Gasteiger partial charge on any atom is -0.466 e. The smallest absolute Gasteiger partial charge is 0.305 e. The second-order valence-corrected chi connectivity index (χ2v) is 16.4. The van der Waals surface area contributed by atoms with Crippen LogP contribution in [-0.4, -0.2) is 80.9 Å². The van der Waals surface area contributed by atoms with Crippen molar-refractivity contribution in [1.82, 2.24) is 4.90 Å². The molecule has 0 aliphatic carbocycles. The second-order valence-electron chi connectivity index (χ2n) is 16.4. The number of hydrogen-bond donors (Lipinski definition) is 1. The van der Waals surface area contributed by atoms with E-state index in [9.17, 15) is 14.7 Å². The van der Waals surface area contributed by atoms with Gasteiger partial charge in [0.1, 0.15) is 0 Å². The topological polar surface area (TPSA) is 94.5 Å². The highest BCUT2D eigenvalue weighted by Crippen LogP contribution is 2.20. The Labute approximate surface area is 359 Å². The minimum atomic E-state index is -0.365. The van der Waals surface area contributed by atoms with Crippen LogP contribution in [0.25, 0.3) is 0 Å². The molecule has 0 aromatic carbocycles. The van der Waals surface area contributed by atoms with Crippen molar-refractivity contribution in [2.75, 3.05) is 52.7 Å². The number of rotatable bonds is 46. The number of carbonyl (C=O) groups is 2. The van der Waals surface area contributed by atoms with Gasteiger partial charge in [-0.3, -0.25) is 9.59 Å². The lowest BCUT2D eigenvalue weighted by molar-refractivity contribution is -0.159. The van der Waals surface area contributed by atoms with Crippen LogP contribution in [0.4, 0.5) is 0 Å². The molecule has 0 rings (SSSR count). The first-order valence-electron chi connectivity index (χ1n) is 24.7. The zero-order chi connectivity index (χ0) is 42.4. The van der Waals surface area contributed by atoms with Crippen LogP contribution in [0, 0.1) is 5.92 Å². The summed E-state index contributed by atoms with van der Waals surface area (Å²) < 4.78 is 23.4. The van der Waals surface area contributed by atoms with Crippen molar-refractivity contribution in [3.05, 3.63) is 24.3 Å². The van der Waals surface area contributed by atoms with Gasteiger partial charge in [0.25, 0.3) is 0 Å². The third-order valence-corrected chi connectivity index (χ3v) is 10.8. The molecule has 0 amide bonds. The molecule has 0 aromatic rings. The molecule has 1 unspecified atom stereocenters. The predicted molar refractivity (Wildman–Crippen MR) is 244 cm³/mol. The molecular formula is C50H95NO7. The lowest BCUT2D eigenvalue weighted by Gasteiger charge is -2.21. The molecular weight excluding hydrogens is 727 g/mol. The number of nitrogens with zero attached hydrogens (tertiary/aromatic N) is 1. The van der Waals surface area contributed by atoms with Crippen LogP contribution >= 0.6 is 0 Å². The van der Waals surface area contributed by atoms with E-state index in [4.69, 9.17) is 18.9 Å². The van der Waals surface area contributed by atoms with E-state index in [2.05, 4.69) is 56.9 Å². The van der Waals surface area contributed by atoms with Gasteiger partial charge in [-0.2, -0.15) is 0 Å². The molecule has 0 fully saturated rings. The molecule has 0 aliphatic rings. The van der Waals surface area contributed by atoms with E-state index in [1.807, 2.05) is 0 Å². The summed E-state index contributed by atoms with van der Waals surface area (Å²) in [7, 11) is 0. The number of allylic oxidation sites excluding steroid dienone is 4. The quantitative estimate of drug-likeness (QED) is 0.0281. The molecule has 0 aromatic heterocycles. The number of hydrogen-bond acceptors (Lipinski definition) is 8. The summed E-state index contributed by atoms with van der Waals surface area (Å²) >= 11 is 0. The van der Waals surface area contributed by atoms with Gasteiger partial charge < -0.3 is 29.0 Å². The number of ether oxygens (including phenoxy) is 4. The highest BCUT2D eigenvalue weighted by Gasteiger charge is 2.15. The molecule has 0 aliphatic heterocycles. The Morgan fingerprint density at radius 3 is 1.59 bits per heavy atom. The van der Waals surface area contributed by atoms with Gasteiger partial charge in [-0.1, -0.05) is 135 Å². The zero-order valence-corrected chi connectivity index (χ0v) is 38.7. The Balaban J connectivity index is 4.23. The SMILES string of the molecule is CC/C=C\CCCCOC(CCC(=O)OCCCCCCN(CCO)CCCCCC(=O)OCC(CCCCCC)CCCCCCCC)OCCCC/C=C\CC. The standard InChI is InChI=1S/C50H95NO7/c1-5-9-13-17-20-27-35-47(34-26-16-12-8-4)46-58-48(53)36-28-25-30-40-51(41-42-52)39-29-21-24-31-43-55-49(54)37-38-50(56-44-32-22-18-14-10-6-2)57-45-33-23-19-15-11-7-3/h10-11,14-15,47,50,52H,5-9,12-13,16-46H2,1-4H3/b14-10-,15-11-. The first-order valence-corrected chi connectivity index (χ1v) is 24.7. The van der Waals surface area contributed by atoms with Gasteiger partial charge in [-0.15, -0.1) is 0 Å². The molecule has 342 valence electrons. The Hall–Kier alpha value is -1.74. The van der Waals surface area contributed by atoms with Gasteiger partial charge in [0.15, 0.2) is 6.29 Å². The van der Waals surface area contributed by atoms with Crippen LogP contribution in [0.3, 0.4) is 0 Å². The number of unbranched alkanes of at least 4 members (excludes halogenated alkanes) is 17. The largest absolute Gasteiger partial charge is 0.466 e. The summed E-state index contributed by atoms with van der Waals surface area (Å²) in [5.41, 5.74) is 0. The van der Waals surface area contributed by atoms with Gasteiger partial charge in [0.05, 0.1) is 26.2 Å². The average molecular weight is 822 g/mol. The Bertz CT molecular complexity index is 902. The molecule has 58 heavy (non-hydrogen) atoms. The van der Waals surface area contributed by atoms with Crippen LogP contribution in [0.1, 0.15) is 220 Å². The molecule has 0 saturated heterocycles. The van der Waals surface area contributed by atoms with E-state index >= 15 is 0 Å². The fourth-order valence-corrected chi connectivity index (χ4v) is 7.15. The highest BCUT2D eigenvalue weighted by atomic mass is 16.7. The van der Waals surface area contributed by atoms with Gasteiger partial charge in [-0.05, 0) is 109 Å². The van der Waals surface area contributed by atoms with E-state index in [1.54, 1.807) is 0 Å². The summed E-state index contributed by atoms with van der Waals surface area (Å²) in [4.78, 5) is 27.4. The third-order valence-electron chi connectivity index (χ3n) is 10.8. The molecule has 0 saturated carbocycles. The van der Waals surface area contributed by atoms with Crippen LogP contribution < -0.4 is 0 Å². The van der Waals surface area contributed by atoms with Crippen LogP contribution in [0.2, 0.25) is 0 Å². The molecule has 0 spiro atoms. The maximum atomic E-state index is 12.6. The maximum Gasteiger partial charge on any atom is 0.305 e. The van der Waals surface area contributed by atoms with Crippen molar-refractivity contribution in [3.8, 4) is 0 Å². The van der Waals surface area contributed by atoms with Crippen molar-refractivity contribution < 1.29 is 33.6 Å². The molecule has 0 radical (unpaired) electrons. The highest BCUT2D eigenvalue weighted by molar-refractivity contribution is 5.69. The van der Waals surface area contributed by atoms with Crippen molar-refractivity contribution in [2.45, 2.75) is 227 Å². The summed E-state index contributed by atoms with van der Waals surface area (Å²) in [6.45, 7) is 13.9. The first-order chi connectivity index (χ1) is 28.5. The lowest BCUT2D eigenvalue weighted by Crippen LogP contribution is -2.29. The fourth-order valence-electron chi connectivity index (χ4n) is 7.15. The van der Waals surface area contributed by atoms with E-state index in [0.29, 0.717) is 58.2 Å². The van der Waals surface area contributed by atoms with Crippen molar-refractivity contribution in [1.29, 1.82) is 0 Å². The van der Waals surface area contributed by atoms with Crippen LogP contribution in [0.15, 0.2) is 24.3 Å². The molecule has 8 nitrogen and oxygen atoms in total. The average Bonchev–Trinajstić information content (AvgIpc) is 3.22. The first kappa shape index (κ1) is 56.3. The molecule has 0 bridgehead atoms. The zero-order valence-electron chi connectivity index (χ0n) is 38.7. The van der Waals surface area contributed by atoms with Gasteiger partial charge in [0.2, 0.25) is 0 Å². The minimum absolute atomic E-state index is 0.0411. The van der Waals surface area contributed by atoms with E-state index in [-0.39, 0.29) is 24.8 Å². The lowest BCUT2D eigenvalue weighted by atomic mass is 9.95. The van der Waals surface area contributed by atoms with Crippen LogP contribution in [0.5, 0.6) is 0 Å². The van der Waals surface area contributed by atoms with Gasteiger partial charge in [0, 0.05) is 32.6 Å². The number of aliphatic hydroxyl groups excluding tert-OH is 1. The van der Waals surface area contributed by atoms with Gasteiger partial charge in [-0.25, -0.2) is 0 Å². The monoisotopic (exact) mass is 822 g/mol. The Kier molecular flexibility index (Phi) is 44.9. The van der Waals surface area contributed by atoms with Gasteiger partial charge >= 0.3 is 11.9 Å². The van der Waals surface area contributed by atoms with Crippen molar-refractivity contribution in [3.63, 3.8) is 0 Å². The Morgan fingerprint density at radius 2 is 1.00 bits per heavy atom. The van der Waals surface area contributed by atoms with E-state index in [0.717, 1.165) is 109 Å².